The van der Waals surface area contributed by atoms with Crippen molar-refractivity contribution in [3.63, 3.8) is 0 Å². The van der Waals surface area contributed by atoms with Crippen molar-refractivity contribution in [3.05, 3.63) is 17.8 Å². The molecule has 1 fully saturated rings. The van der Waals surface area contributed by atoms with Crippen molar-refractivity contribution >= 4 is 17.5 Å². The standard InChI is InChI=1S/C15H23N3O2/c1-3-20-14(19)11-9-13(17-10-12(11)16)18-15(2)7-5-4-6-8-15/h9-10H,3-8,16H2,1-2H3,(H,17,18). The van der Waals surface area contributed by atoms with E-state index in [1.54, 1.807) is 13.0 Å². The molecule has 0 spiro atoms. The number of carbonyl (C=O) groups excluding carboxylic acids is 1. The molecule has 1 aliphatic rings. The molecule has 0 saturated heterocycles. The number of hydrogen-bond acceptors (Lipinski definition) is 5. The van der Waals surface area contributed by atoms with Gasteiger partial charge in [-0.2, -0.15) is 0 Å². The number of nitrogen functional groups attached to an aromatic ring is 1. The second-order valence-electron chi connectivity index (χ2n) is 5.62. The summed E-state index contributed by atoms with van der Waals surface area (Å²) >= 11 is 0. The maximum atomic E-state index is 11.8. The fourth-order valence-corrected chi connectivity index (χ4v) is 2.69. The van der Waals surface area contributed by atoms with Crippen molar-refractivity contribution in [1.82, 2.24) is 4.98 Å². The van der Waals surface area contributed by atoms with Gasteiger partial charge < -0.3 is 15.8 Å². The molecular weight excluding hydrogens is 254 g/mol. The minimum atomic E-state index is -0.399. The Morgan fingerprint density at radius 1 is 1.45 bits per heavy atom. The van der Waals surface area contributed by atoms with Gasteiger partial charge in [0, 0.05) is 5.54 Å². The molecule has 5 nitrogen and oxygen atoms in total. The molecule has 0 atom stereocenters. The molecule has 3 N–H and O–H groups in total. The van der Waals surface area contributed by atoms with E-state index in [0.29, 0.717) is 23.7 Å². The molecule has 110 valence electrons. The smallest absolute Gasteiger partial charge is 0.340 e. The van der Waals surface area contributed by atoms with Crippen molar-refractivity contribution < 1.29 is 9.53 Å². The molecule has 5 heteroatoms. The number of esters is 1. The first-order chi connectivity index (χ1) is 9.54. The maximum absolute atomic E-state index is 11.8. The highest BCUT2D eigenvalue weighted by Gasteiger charge is 2.27. The van der Waals surface area contributed by atoms with Crippen LogP contribution in [0.2, 0.25) is 0 Å². The Hall–Kier alpha value is -1.78. The molecule has 0 amide bonds. The van der Waals surface area contributed by atoms with E-state index in [4.69, 9.17) is 10.5 Å². The average Bonchev–Trinajstić information content (AvgIpc) is 2.42. The quantitative estimate of drug-likeness (QED) is 0.827. The highest BCUT2D eigenvalue weighted by atomic mass is 16.5. The van der Waals surface area contributed by atoms with E-state index in [-0.39, 0.29) is 5.54 Å². The van der Waals surface area contributed by atoms with Gasteiger partial charge in [-0.25, -0.2) is 9.78 Å². The average molecular weight is 277 g/mol. The van der Waals surface area contributed by atoms with Crippen LogP contribution in [-0.4, -0.2) is 23.1 Å². The molecule has 0 aromatic carbocycles. The van der Waals surface area contributed by atoms with E-state index in [2.05, 4.69) is 17.2 Å². The number of nitrogens with one attached hydrogen (secondary N) is 1. The van der Waals surface area contributed by atoms with Crippen LogP contribution in [0.5, 0.6) is 0 Å². The topological polar surface area (TPSA) is 77.2 Å². The van der Waals surface area contributed by atoms with Crippen LogP contribution in [-0.2, 0) is 4.74 Å². The van der Waals surface area contributed by atoms with Crippen molar-refractivity contribution in [3.8, 4) is 0 Å². The molecule has 1 saturated carbocycles. The summed E-state index contributed by atoms with van der Waals surface area (Å²) in [6.45, 7) is 4.31. The number of aromatic nitrogens is 1. The minimum Gasteiger partial charge on any atom is -0.462 e. The largest absolute Gasteiger partial charge is 0.462 e. The molecule has 2 rings (SSSR count). The molecular formula is C15H23N3O2. The van der Waals surface area contributed by atoms with Gasteiger partial charge in [0.15, 0.2) is 0 Å². The number of anilines is 2. The highest BCUT2D eigenvalue weighted by molar-refractivity contribution is 5.95. The van der Waals surface area contributed by atoms with Crippen LogP contribution in [0.3, 0.4) is 0 Å². The number of rotatable bonds is 4. The van der Waals surface area contributed by atoms with E-state index < -0.39 is 5.97 Å². The van der Waals surface area contributed by atoms with Crippen LogP contribution < -0.4 is 11.1 Å². The second-order valence-corrected chi connectivity index (χ2v) is 5.62. The minimum absolute atomic E-state index is 0.0489. The molecule has 1 aromatic heterocycles. The molecule has 1 aromatic rings. The van der Waals surface area contributed by atoms with Crippen molar-refractivity contribution in [2.75, 3.05) is 17.7 Å². The van der Waals surface area contributed by atoms with Crippen LogP contribution >= 0.6 is 0 Å². The third-order valence-electron chi connectivity index (χ3n) is 3.82. The summed E-state index contributed by atoms with van der Waals surface area (Å²) in [5.74, 6) is 0.288. The lowest BCUT2D eigenvalue weighted by atomic mass is 9.83. The fourth-order valence-electron chi connectivity index (χ4n) is 2.69. The lowest BCUT2D eigenvalue weighted by Crippen LogP contribution is -2.37. The van der Waals surface area contributed by atoms with Crippen LogP contribution in [0.4, 0.5) is 11.5 Å². The number of carbonyl (C=O) groups is 1. The Bertz CT molecular complexity index is 482. The summed E-state index contributed by atoms with van der Waals surface area (Å²) < 4.78 is 5.00. The molecule has 1 aliphatic carbocycles. The summed E-state index contributed by atoms with van der Waals surface area (Å²) in [6, 6.07) is 1.69. The van der Waals surface area contributed by atoms with Gasteiger partial charge in [0.25, 0.3) is 0 Å². The predicted octanol–water partition coefficient (Wildman–Crippen LogP) is 2.98. The molecule has 0 aliphatic heterocycles. The predicted molar refractivity (Wildman–Crippen MR) is 79.7 cm³/mol. The molecule has 0 radical (unpaired) electrons. The summed E-state index contributed by atoms with van der Waals surface area (Å²) in [5, 5.41) is 3.45. The summed E-state index contributed by atoms with van der Waals surface area (Å²) in [5.41, 5.74) is 6.57. The van der Waals surface area contributed by atoms with E-state index in [1.807, 2.05) is 0 Å². The Kier molecular flexibility index (Phi) is 4.47. The summed E-state index contributed by atoms with van der Waals surface area (Å²) in [4.78, 5) is 16.1. The molecule has 0 bridgehead atoms. The first-order valence-corrected chi connectivity index (χ1v) is 7.25. The number of nitrogens with zero attached hydrogens (tertiary/aromatic N) is 1. The Labute approximate surface area is 119 Å². The van der Waals surface area contributed by atoms with E-state index in [0.717, 1.165) is 12.8 Å². The number of nitrogens with two attached hydrogens (primary N) is 1. The molecule has 0 unspecified atom stereocenters. The SMILES string of the molecule is CCOC(=O)c1cc(NC2(C)CCCCC2)ncc1N. The van der Waals surface area contributed by atoms with Crippen molar-refractivity contribution in [2.45, 2.75) is 51.5 Å². The Morgan fingerprint density at radius 2 is 2.15 bits per heavy atom. The van der Waals surface area contributed by atoms with Gasteiger partial charge in [-0.05, 0) is 32.8 Å². The van der Waals surface area contributed by atoms with Gasteiger partial charge in [-0.3, -0.25) is 0 Å². The first kappa shape index (κ1) is 14.6. The first-order valence-electron chi connectivity index (χ1n) is 7.25. The monoisotopic (exact) mass is 277 g/mol. The van der Waals surface area contributed by atoms with Crippen LogP contribution in [0.1, 0.15) is 56.3 Å². The zero-order chi connectivity index (χ0) is 14.6. The van der Waals surface area contributed by atoms with E-state index in [1.165, 1.54) is 25.5 Å². The van der Waals surface area contributed by atoms with Crippen LogP contribution in [0.15, 0.2) is 12.3 Å². The van der Waals surface area contributed by atoms with Crippen LogP contribution in [0.25, 0.3) is 0 Å². The van der Waals surface area contributed by atoms with Gasteiger partial charge in [0.2, 0.25) is 0 Å². The highest BCUT2D eigenvalue weighted by Crippen LogP contribution is 2.31. The van der Waals surface area contributed by atoms with Gasteiger partial charge in [0.1, 0.15) is 5.82 Å². The maximum Gasteiger partial charge on any atom is 0.340 e. The third kappa shape index (κ3) is 3.40. The van der Waals surface area contributed by atoms with Gasteiger partial charge in [0.05, 0.1) is 24.1 Å². The number of pyridine rings is 1. The lowest BCUT2D eigenvalue weighted by Gasteiger charge is -2.35. The fraction of sp³-hybridized carbons (Fsp3) is 0.600. The van der Waals surface area contributed by atoms with Gasteiger partial charge >= 0.3 is 5.97 Å². The van der Waals surface area contributed by atoms with E-state index in [9.17, 15) is 4.79 Å². The van der Waals surface area contributed by atoms with Gasteiger partial charge in [-0.1, -0.05) is 19.3 Å². The van der Waals surface area contributed by atoms with E-state index >= 15 is 0 Å². The van der Waals surface area contributed by atoms with Crippen molar-refractivity contribution in [2.24, 2.45) is 0 Å². The normalized spacial score (nSPS) is 17.5. The van der Waals surface area contributed by atoms with Crippen molar-refractivity contribution in [1.29, 1.82) is 0 Å². The summed E-state index contributed by atoms with van der Waals surface area (Å²) in [6.07, 6.45) is 7.50. The second kappa shape index (κ2) is 6.11. The third-order valence-corrected chi connectivity index (χ3v) is 3.82. The molecule has 1 heterocycles. The number of ether oxygens (including phenoxy) is 1. The van der Waals surface area contributed by atoms with Gasteiger partial charge in [-0.15, -0.1) is 0 Å². The lowest BCUT2D eigenvalue weighted by molar-refractivity contribution is 0.0527. The summed E-state index contributed by atoms with van der Waals surface area (Å²) in [7, 11) is 0. The Morgan fingerprint density at radius 3 is 2.80 bits per heavy atom. The Balaban J connectivity index is 2.16. The zero-order valence-electron chi connectivity index (χ0n) is 12.2. The molecule has 20 heavy (non-hydrogen) atoms. The zero-order valence-corrected chi connectivity index (χ0v) is 12.2. The van der Waals surface area contributed by atoms with Crippen LogP contribution in [0, 0.1) is 0 Å². The number of hydrogen-bond donors (Lipinski definition) is 2.